The largest absolute Gasteiger partial charge is 0.392 e. The molecule has 0 radical (unpaired) electrons. The summed E-state index contributed by atoms with van der Waals surface area (Å²) in [6.45, 7) is -0.665. The molecule has 1 N–H and O–H groups in total. The van der Waals surface area contributed by atoms with Gasteiger partial charge in [0.2, 0.25) is 5.69 Å². The van der Waals surface area contributed by atoms with Crippen molar-refractivity contribution in [3.63, 3.8) is 0 Å². The number of aliphatic hydroxyl groups excluding tert-OH is 1. The Balaban J connectivity index is 3.38. The fraction of sp³-hybridized carbons (Fsp3) is 0.286. The molecule has 0 spiro atoms. The lowest BCUT2D eigenvalue weighted by Gasteiger charge is -2.03. The van der Waals surface area contributed by atoms with Crippen LogP contribution in [0.5, 0.6) is 0 Å². The summed E-state index contributed by atoms with van der Waals surface area (Å²) < 4.78 is 24.7. The van der Waals surface area contributed by atoms with Gasteiger partial charge in [0.15, 0.2) is 0 Å². The van der Waals surface area contributed by atoms with E-state index in [1.54, 1.807) is 0 Å². The van der Waals surface area contributed by atoms with Crippen LogP contribution in [0.4, 0.5) is 14.6 Å². The van der Waals surface area contributed by atoms with Gasteiger partial charge < -0.3 is 15.2 Å². The summed E-state index contributed by atoms with van der Waals surface area (Å²) in [4.78, 5) is 12.5. The minimum absolute atomic E-state index is 0.145. The van der Waals surface area contributed by atoms with Crippen LogP contribution in [0.1, 0.15) is 17.7 Å². The van der Waals surface area contributed by atoms with Crippen molar-refractivity contribution in [1.29, 1.82) is 0 Å². The highest BCUT2D eigenvalue weighted by atomic mass is 35.5. The predicted molar refractivity (Wildman–Crippen MR) is 46.8 cm³/mol. The van der Waals surface area contributed by atoms with Gasteiger partial charge in [-0.2, -0.15) is 0 Å². The summed E-state index contributed by atoms with van der Waals surface area (Å²) >= 11 is 5.46. The molecule has 0 amide bonds. The molecular formula is C7H5ClF2N2O3. The number of hydrogen-bond acceptors (Lipinski definition) is 4. The van der Waals surface area contributed by atoms with Crippen molar-refractivity contribution in [2.75, 3.05) is 0 Å². The summed E-state index contributed by atoms with van der Waals surface area (Å²) in [5.41, 5.74) is -1.04. The third kappa shape index (κ3) is 2.37. The molecule has 0 unspecified atom stereocenters. The molecular weight excluding hydrogens is 234 g/mol. The van der Waals surface area contributed by atoms with Crippen molar-refractivity contribution >= 4 is 17.4 Å². The number of hydrogen-bond donors (Lipinski definition) is 1. The lowest BCUT2D eigenvalue weighted by atomic mass is 10.2. The highest BCUT2D eigenvalue weighted by molar-refractivity contribution is 6.32. The van der Waals surface area contributed by atoms with Crippen molar-refractivity contribution in [1.82, 2.24) is 4.98 Å². The second-order valence-electron chi connectivity index (χ2n) is 2.55. The number of halogens is 3. The molecule has 8 heteroatoms. The lowest BCUT2D eigenvalue weighted by molar-refractivity contribution is -0.389. The first-order chi connectivity index (χ1) is 6.97. The Labute approximate surface area is 87.5 Å². The summed E-state index contributed by atoms with van der Waals surface area (Å²) in [6, 6.07) is 0.855. The monoisotopic (exact) mass is 238 g/mol. The van der Waals surface area contributed by atoms with Crippen LogP contribution in [0.2, 0.25) is 5.02 Å². The Bertz CT molecular complexity index is 400. The second-order valence-corrected chi connectivity index (χ2v) is 2.93. The van der Waals surface area contributed by atoms with Crippen LogP contribution in [0.3, 0.4) is 0 Å². The molecule has 82 valence electrons. The summed E-state index contributed by atoms with van der Waals surface area (Å²) in [7, 11) is 0. The average molecular weight is 239 g/mol. The maximum Gasteiger partial charge on any atom is 0.364 e. The SMILES string of the molecule is O=[N+]([O-])c1cc(CO)c(Cl)c(C(F)F)n1. The third-order valence-corrected chi connectivity index (χ3v) is 2.05. The maximum absolute atomic E-state index is 12.3. The number of alkyl halides is 2. The molecule has 1 aromatic rings. The number of pyridine rings is 1. The van der Waals surface area contributed by atoms with Crippen molar-refractivity contribution in [2.24, 2.45) is 0 Å². The fourth-order valence-electron chi connectivity index (χ4n) is 0.942. The van der Waals surface area contributed by atoms with E-state index in [1.165, 1.54) is 0 Å². The first kappa shape index (κ1) is 11.7. The topological polar surface area (TPSA) is 76.3 Å². The average Bonchev–Trinajstić information content (AvgIpc) is 2.17. The number of aliphatic hydroxyl groups is 1. The van der Waals surface area contributed by atoms with Crippen molar-refractivity contribution < 1.29 is 18.8 Å². The molecule has 1 heterocycles. The van der Waals surface area contributed by atoms with Crippen molar-refractivity contribution in [3.8, 4) is 0 Å². The molecule has 0 bridgehead atoms. The van der Waals surface area contributed by atoms with Crippen molar-refractivity contribution in [2.45, 2.75) is 13.0 Å². The van der Waals surface area contributed by atoms with E-state index in [9.17, 15) is 18.9 Å². The molecule has 15 heavy (non-hydrogen) atoms. The quantitative estimate of drug-likeness (QED) is 0.646. The van der Waals surface area contributed by atoms with Gasteiger partial charge in [-0.25, -0.2) is 8.78 Å². The molecule has 0 aliphatic heterocycles. The first-order valence-electron chi connectivity index (χ1n) is 3.70. The van der Waals surface area contributed by atoms with Crippen molar-refractivity contribution in [3.05, 3.63) is 32.5 Å². The molecule has 1 rings (SSSR count). The molecule has 5 nitrogen and oxygen atoms in total. The van der Waals surface area contributed by atoms with Crippen LogP contribution >= 0.6 is 11.6 Å². The van der Waals surface area contributed by atoms with E-state index < -0.39 is 34.5 Å². The molecule has 0 aromatic carbocycles. The summed E-state index contributed by atoms with van der Waals surface area (Å²) in [5, 5.41) is 18.6. The van der Waals surface area contributed by atoms with Gasteiger partial charge in [-0.1, -0.05) is 11.6 Å². The van der Waals surface area contributed by atoms with Gasteiger partial charge in [0.1, 0.15) is 0 Å². The predicted octanol–water partition coefficient (Wildman–Crippen LogP) is 2.07. The molecule has 0 aliphatic rings. The Morgan fingerprint density at radius 1 is 1.67 bits per heavy atom. The van der Waals surface area contributed by atoms with Gasteiger partial charge in [-0.05, 0) is 9.91 Å². The number of rotatable bonds is 3. The molecule has 0 saturated carbocycles. The van der Waals surface area contributed by atoms with Crippen LogP contribution in [-0.4, -0.2) is 15.0 Å². The zero-order valence-electron chi connectivity index (χ0n) is 7.15. The van der Waals surface area contributed by atoms with Crippen LogP contribution < -0.4 is 0 Å². The van der Waals surface area contributed by atoms with E-state index in [1.807, 2.05) is 0 Å². The lowest BCUT2D eigenvalue weighted by Crippen LogP contribution is -2.01. The molecule has 0 saturated heterocycles. The van der Waals surface area contributed by atoms with E-state index in [-0.39, 0.29) is 5.56 Å². The smallest absolute Gasteiger partial charge is 0.364 e. The molecule has 0 aliphatic carbocycles. The minimum Gasteiger partial charge on any atom is -0.392 e. The second kappa shape index (κ2) is 4.45. The Morgan fingerprint density at radius 3 is 2.67 bits per heavy atom. The van der Waals surface area contributed by atoms with Gasteiger partial charge in [0, 0.05) is 11.6 Å². The van der Waals surface area contributed by atoms with E-state index in [4.69, 9.17) is 16.7 Å². The van der Waals surface area contributed by atoms with E-state index in [0.717, 1.165) is 6.07 Å². The maximum atomic E-state index is 12.3. The molecule has 0 fully saturated rings. The van der Waals surface area contributed by atoms with Gasteiger partial charge >= 0.3 is 12.2 Å². The standard InChI is InChI=1S/C7H5ClF2N2O3/c8-5-3(2-13)1-4(12(14)15)11-6(5)7(9)10/h1,7,13H,2H2. The van der Waals surface area contributed by atoms with Gasteiger partial charge in [-0.15, -0.1) is 0 Å². The number of nitrogens with zero attached hydrogens (tertiary/aromatic N) is 2. The fourth-order valence-corrected chi connectivity index (χ4v) is 1.18. The van der Waals surface area contributed by atoms with Crippen LogP contribution in [-0.2, 0) is 6.61 Å². The van der Waals surface area contributed by atoms with Crippen LogP contribution in [0.15, 0.2) is 6.07 Å². The third-order valence-electron chi connectivity index (χ3n) is 1.61. The summed E-state index contributed by atoms with van der Waals surface area (Å²) in [6.07, 6.45) is -3.03. The highest BCUT2D eigenvalue weighted by Gasteiger charge is 2.25. The van der Waals surface area contributed by atoms with Gasteiger partial charge in [-0.3, -0.25) is 0 Å². The van der Waals surface area contributed by atoms with Gasteiger partial charge in [0.05, 0.1) is 11.6 Å². The number of nitro groups is 1. The van der Waals surface area contributed by atoms with E-state index >= 15 is 0 Å². The van der Waals surface area contributed by atoms with E-state index in [0.29, 0.717) is 0 Å². The minimum atomic E-state index is -3.03. The highest BCUT2D eigenvalue weighted by Crippen LogP contribution is 2.30. The van der Waals surface area contributed by atoms with Crippen LogP contribution in [0.25, 0.3) is 0 Å². The number of aromatic nitrogens is 1. The molecule has 1 aromatic heterocycles. The first-order valence-corrected chi connectivity index (χ1v) is 4.08. The Morgan fingerprint density at radius 2 is 2.27 bits per heavy atom. The zero-order chi connectivity index (χ0) is 11.6. The summed E-state index contributed by atoms with van der Waals surface area (Å²) in [5.74, 6) is -0.765. The van der Waals surface area contributed by atoms with E-state index in [2.05, 4.69) is 4.98 Å². The van der Waals surface area contributed by atoms with Gasteiger partial charge in [0.25, 0.3) is 0 Å². The zero-order valence-corrected chi connectivity index (χ0v) is 7.91. The molecule has 0 atom stereocenters. The van der Waals surface area contributed by atoms with Crippen LogP contribution in [0, 0.1) is 10.1 Å². The normalized spacial score (nSPS) is 10.7. The Kier molecular flexibility index (Phi) is 3.48. The Hall–Kier alpha value is -1.34.